The molecule has 28 heavy (non-hydrogen) atoms. The second-order valence-corrected chi connectivity index (χ2v) is 7.28. The number of ether oxygens (including phenoxy) is 2. The van der Waals surface area contributed by atoms with Crippen molar-refractivity contribution in [2.75, 3.05) is 39.2 Å². The Morgan fingerprint density at radius 2 is 2.04 bits per heavy atom. The van der Waals surface area contributed by atoms with Gasteiger partial charge in [-0.15, -0.1) is 0 Å². The predicted octanol–water partition coefficient (Wildman–Crippen LogP) is 1.45. The summed E-state index contributed by atoms with van der Waals surface area (Å²) in [5.41, 5.74) is 0.754. The van der Waals surface area contributed by atoms with Gasteiger partial charge in [0.1, 0.15) is 4.90 Å². The van der Waals surface area contributed by atoms with Crippen LogP contribution in [0.25, 0.3) is 0 Å². The van der Waals surface area contributed by atoms with E-state index in [-0.39, 0.29) is 11.4 Å². The van der Waals surface area contributed by atoms with Crippen LogP contribution in [0.15, 0.2) is 52.6 Å². The first-order chi connectivity index (χ1) is 13.5. The normalized spacial score (nSPS) is 11.8. The van der Waals surface area contributed by atoms with E-state index in [1.54, 1.807) is 32.4 Å². The van der Waals surface area contributed by atoms with Crippen LogP contribution in [0.1, 0.15) is 6.92 Å². The summed E-state index contributed by atoms with van der Waals surface area (Å²) >= 11 is 0. The van der Waals surface area contributed by atoms with E-state index in [0.717, 1.165) is 5.69 Å². The van der Waals surface area contributed by atoms with Gasteiger partial charge in [-0.2, -0.15) is 0 Å². The number of nitrogens with zero attached hydrogens (tertiary/aromatic N) is 2. The first-order valence-electron chi connectivity index (χ1n) is 8.68. The van der Waals surface area contributed by atoms with E-state index in [1.165, 1.54) is 18.5 Å². The van der Waals surface area contributed by atoms with Gasteiger partial charge in [-0.3, -0.25) is 9.98 Å². The molecule has 0 saturated heterocycles. The molecule has 1 heterocycles. The lowest BCUT2D eigenvalue weighted by Crippen LogP contribution is -2.37. The lowest BCUT2D eigenvalue weighted by atomic mass is 10.2. The minimum Gasteiger partial charge on any atom is -0.493 e. The third-order valence-corrected chi connectivity index (χ3v) is 5.05. The standard InChI is InChI=1S/C18H25N5O4S/c1-4-27-16-8-7-14(12-17(16)26-3)23-18(19-2)21-10-11-22-28(24,25)15-6-5-9-20-13-15/h5-9,12-13,22H,4,10-11H2,1-3H3,(H2,19,21,23). The molecule has 0 aliphatic rings. The fourth-order valence-corrected chi connectivity index (χ4v) is 3.29. The maximum absolute atomic E-state index is 12.1. The molecule has 152 valence electrons. The molecular weight excluding hydrogens is 382 g/mol. The Morgan fingerprint density at radius 1 is 1.21 bits per heavy atom. The van der Waals surface area contributed by atoms with Crippen molar-refractivity contribution in [2.24, 2.45) is 4.99 Å². The first-order valence-corrected chi connectivity index (χ1v) is 10.2. The number of aromatic nitrogens is 1. The Hall–Kier alpha value is -2.85. The number of aliphatic imine (C=N–C) groups is 1. The fourth-order valence-electron chi connectivity index (χ4n) is 2.29. The number of pyridine rings is 1. The molecule has 3 N–H and O–H groups in total. The van der Waals surface area contributed by atoms with Crippen molar-refractivity contribution in [3.63, 3.8) is 0 Å². The summed E-state index contributed by atoms with van der Waals surface area (Å²) in [6.45, 7) is 2.97. The molecule has 1 aromatic heterocycles. The van der Waals surface area contributed by atoms with Crippen molar-refractivity contribution in [3.8, 4) is 11.5 Å². The number of sulfonamides is 1. The Morgan fingerprint density at radius 3 is 2.68 bits per heavy atom. The summed E-state index contributed by atoms with van der Waals surface area (Å²) in [4.78, 5) is 8.07. The van der Waals surface area contributed by atoms with Crippen molar-refractivity contribution in [1.29, 1.82) is 0 Å². The minimum absolute atomic E-state index is 0.124. The minimum atomic E-state index is -3.59. The Balaban J connectivity index is 1.88. The highest BCUT2D eigenvalue weighted by Crippen LogP contribution is 2.30. The Kier molecular flexibility index (Phi) is 8.02. The molecule has 0 radical (unpaired) electrons. The van der Waals surface area contributed by atoms with Gasteiger partial charge in [0.25, 0.3) is 0 Å². The van der Waals surface area contributed by atoms with Gasteiger partial charge >= 0.3 is 0 Å². The fraction of sp³-hybridized carbons (Fsp3) is 0.333. The van der Waals surface area contributed by atoms with Gasteiger partial charge in [-0.05, 0) is 31.2 Å². The molecule has 10 heteroatoms. The number of hydrogen-bond donors (Lipinski definition) is 3. The van der Waals surface area contributed by atoms with Crippen LogP contribution in [-0.2, 0) is 10.0 Å². The van der Waals surface area contributed by atoms with Gasteiger partial charge in [0.2, 0.25) is 10.0 Å². The number of methoxy groups -OCH3 is 1. The van der Waals surface area contributed by atoms with Crippen LogP contribution in [-0.4, -0.2) is 53.2 Å². The highest BCUT2D eigenvalue weighted by atomic mass is 32.2. The van der Waals surface area contributed by atoms with E-state index in [2.05, 4.69) is 25.3 Å². The van der Waals surface area contributed by atoms with Crippen molar-refractivity contribution < 1.29 is 17.9 Å². The zero-order chi connectivity index (χ0) is 20.4. The van der Waals surface area contributed by atoms with Crippen LogP contribution in [0.2, 0.25) is 0 Å². The Labute approximate surface area is 165 Å². The molecule has 9 nitrogen and oxygen atoms in total. The van der Waals surface area contributed by atoms with Crippen LogP contribution in [0.5, 0.6) is 11.5 Å². The number of guanidine groups is 1. The zero-order valence-corrected chi connectivity index (χ0v) is 16.9. The molecule has 0 amide bonds. The molecule has 1 aromatic carbocycles. The zero-order valence-electron chi connectivity index (χ0n) is 16.1. The molecule has 0 aliphatic heterocycles. The van der Waals surface area contributed by atoms with E-state index in [4.69, 9.17) is 9.47 Å². The van der Waals surface area contributed by atoms with E-state index in [0.29, 0.717) is 30.6 Å². The second kappa shape index (κ2) is 10.5. The largest absolute Gasteiger partial charge is 0.493 e. The van der Waals surface area contributed by atoms with E-state index < -0.39 is 10.0 Å². The monoisotopic (exact) mass is 407 g/mol. The van der Waals surface area contributed by atoms with Crippen molar-refractivity contribution in [1.82, 2.24) is 15.0 Å². The molecule has 0 atom stereocenters. The number of anilines is 1. The summed E-state index contributed by atoms with van der Waals surface area (Å²) in [7, 11) is -0.388. The highest BCUT2D eigenvalue weighted by molar-refractivity contribution is 7.89. The van der Waals surface area contributed by atoms with Crippen molar-refractivity contribution in [2.45, 2.75) is 11.8 Å². The molecule has 0 spiro atoms. The summed E-state index contributed by atoms with van der Waals surface area (Å²) in [6, 6.07) is 8.50. The maximum atomic E-state index is 12.1. The number of benzene rings is 1. The lowest BCUT2D eigenvalue weighted by molar-refractivity contribution is 0.311. The third-order valence-electron chi connectivity index (χ3n) is 3.60. The van der Waals surface area contributed by atoms with E-state index >= 15 is 0 Å². The second-order valence-electron chi connectivity index (χ2n) is 5.51. The first kappa shape index (κ1) is 21.5. The average molecular weight is 407 g/mol. The molecule has 0 unspecified atom stereocenters. The van der Waals surface area contributed by atoms with Gasteiger partial charge in [0.05, 0.1) is 13.7 Å². The van der Waals surface area contributed by atoms with E-state index in [1.807, 2.05) is 13.0 Å². The molecule has 0 bridgehead atoms. The third kappa shape index (κ3) is 6.10. The number of nitrogens with one attached hydrogen (secondary N) is 3. The van der Waals surface area contributed by atoms with Crippen LogP contribution >= 0.6 is 0 Å². The molecule has 2 rings (SSSR count). The average Bonchev–Trinajstić information content (AvgIpc) is 2.72. The quantitative estimate of drug-likeness (QED) is 0.327. The molecule has 0 aliphatic carbocycles. The van der Waals surface area contributed by atoms with Gasteiger partial charge in [-0.25, -0.2) is 13.1 Å². The van der Waals surface area contributed by atoms with Crippen molar-refractivity contribution in [3.05, 3.63) is 42.7 Å². The maximum Gasteiger partial charge on any atom is 0.242 e. The Bertz CT molecular complexity index is 888. The van der Waals surface area contributed by atoms with Crippen molar-refractivity contribution >= 4 is 21.7 Å². The number of hydrogen-bond acceptors (Lipinski definition) is 6. The van der Waals surface area contributed by atoms with Gasteiger partial charge in [-0.1, -0.05) is 0 Å². The van der Waals surface area contributed by atoms with Gasteiger partial charge in [0, 0.05) is 44.3 Å². The topological polar surface area (TPSA) is 114 Å². The number of rotatable bonds is 9. The smallest absolute Gasteiger partial charge is 0.242 e. The lowest BCUT2D eigenvalue weighted by Gasteiger charge is -2.15. The van der Waals surface area contributed by atoms with Gasteiger partial charge < -0.3 is 20.1 Å². The summed E-state index contributed by atoms with van der Waals surface area (Å²) in [5, 5.41) is 6.16. The van der Waals surface area contributed by atoms with Crippen LogP contribution in [0.3, 0.4) is 0 Å². The molecule has 0 fully saturated rings. The molecule has 2 aromatic rings. The van der Waals surface area contributed by atoms with Crippen LogP contribution in [0, 0.1) is 0 Å². The summed E-state index contributed by atoms with van der Waals surface area (Å²) < 4.78 is 37.6. The van der Waals surface area contributed by atoms with Gasteiger partial charge in [0.15, 0.2) is 17.5 Å². The molecule has 0 saturated carbocycles. The SMILES string of the molecule is CCOc1ccc(NC(=NC)NCCNS(=O)(=O)c2cccnc2)cc1OC. The predicted molar refractivity (Wildman–Crippen MR) is 109 cm³/mol. The van der Waals surface area contributed by atoms with Crippen LogP contribution in [0.4, 0.5) is 5.69 Å². The highest BCUT2D eigenvalue weighted by Gasteiger charge is 2.13. The molecular formula is C18H25N5O4S. The van der Waals surface area contributed by atoms with Crippen LogP contribution < -0.4 is 24.8 Å². The summed E-state index contributed by atoms with van der Waals surface area (Å²) in [6.07, 6.45) is 2.82. The van der Waals surface area contributed by atoms with E-state index in [9.17, 15) is 8.42 Å². The summed E-state index contributed by atoms with van der Waals surface area (Å²) in [5.74, 6) is 1.75.